The highest BCUT2D eigenvalue weighted by atomic mass is 35.5. The van der Waals surface area contributed by atoms with Crippen LogP contribution in [0, 0.1) is 11.8 Å². The molecule has 1 aliphatic carbocycles. The molecular formula is C13H18ClNO2. The molecule has 1 aromatic rings. The maximum atomic E-state index is 11.2. The largest absolute Gasteiger partial charge is 0.477 e. The SMILES string of the molecule is CC1CCCC(n2cc(Cl)cc2C(=O)O)C1C. The summed E-state index contributed by atoms with van der Waals surface area (Å²) < 4.78 is 1.85. The number of aromatic carboxylic acids is 1. The fourth-order valence-electron chi connectivity index (χ4n) is 2.84. The molecule has 3 unspecified atom stereocenters. The van der Waals surface area contributed by atoms with Gasteiger partial charge in [0, 0.05) is 12.2 Å². The van der Waals surface area contributed by atoms with Gasteiger partial charge in [0.2, 0.25) is 0 Å². The summed E-state index contributed by atoms with van der Waals surface area (Å²) in [6, 6.07) is 1.80. The van der Waals surface area contributed by atoms with Crippen LogP contribution in [0.3, 0.4) is 0 Å². The molecule has 4 heteroatoms. The lowest BCUT2D eigenvalue weighted by Gasteiger charge is -2.35. The first kappa shape index (κ1) is 12.5. The molecule has 0 saturated heterocycles. The van der Waals surface area contributed by atoms with Crippen LogP contribution in [0.2, 0.25) is 5.02 Å². The van der Waals surface area contributed by atoms with Crippen molar-refractivity contribution < 1.29 is 9.90 Å². The maximum Gasteiger partial charge on any atom is 0.352 e. The second-order valence-corrected chi connectivity index (χ2v) is 5.53. The molecule has 0 bridgehead atoms. The molecule has 1 heterocycles. The highest BCUT2D eigenvalue weighted by molar-refractivity contribution is 6.30. The molecule has 3 atom stereocenters. The lowest BCUT2D eigenvalue weighted by Crippen LogP contribution is -2.28. The Morgan fingerprint density at radius 2 is 2.18 bits per heavy atom. The number of hydrogen-bond donors (Lipinski definition) is 1. The van der Waals surface area contributed by atoms with E-state index in [-0.39, 0.29) is 6.04 Å². The van der Waals surface area contributed by atoms with Crippen LogP contribution in [0.1, 0.15) is 49.6 Å². The van der Waals surface area contributed by atoms with Crippen molar-refractivity contribution in [2.45, 2.75) is 39.2 Å². The predicted octanol–water partition coefficient (Wildman–Crippen LogP) is 3.84. The van der Waals surface area contributed by atoms with Crippen LogP contribution in [0.25, 0.3) is 0 Å². The first-order valence-electron chi connectivity index (χ1n) is 6.11. The average Bonchev–Trinajstić information content (AvgIpc) is 2.64. The lowest BCUT2D eigenvalue weighted by atomic mass is 9.78. The van der Waals surface area contributed by atoms with E-state index in [1.807, 2.05) is 4.57 Å². The van der Waals surface area contributed by atoms with Crippen molar-refractivity contribution >= 4 is 17.6 Å². The number of rotatable bonds is 2. The van der Waals surface area contributed by atoms with E-state index in [4.69, 9.17) is 11.6 Å². The van der Waals surface area contributed by atoms with Gasteiger partial charge in [0.05, 0.1) is 5.02 Å². The van der Waals surface area contributed by atoms with Crippen molar-refractivity contribution in [1.29, 1.82) is 0 Å². The molecule has 0 aromatic carbocycles. The van der Waals surface area contributed by atoms with Gasteiger partial charge in [0.1, 0.15) is 5.69 Å². The summed E-state index contributed by atoms with van der Waals surface area (Å²) in [4.78, 5) is 11.2. The number of aromatic nitrogens is 1. The number of halogens is 1. The van der Waals surface area contributed by atoms with Crippen LogP contribution in [0.4, 0.5) is 0 Å². The Kier molecular flexibility index (Phi) is 3.48. The Bertz CT molecular complexity index is 427. The smallest absolute Gasteiger partial charge is 0.352 e. The van der Waals surface area contributed by atoms with Crippen LogP contribution in [-0.4, -0.2) is 15.6 Å². The molecule has 1 saturated carbocycles. The molecule has 1 aromatic heterocycles. The van der Waals surface area contributed by atoms with E-state index in [1.54, 1.807) is 6.20 Å². The summed E-state index contributed by atoms with van der Waals surface area (Å²) in [6.45, 7) is 4.44. The van der Waals surface area contributed by atoms with Crippen molar-refractivity contribution in [3.05, 3.63) is 23.0 Å². The lowest BCUT2D eigenvalue weighted by molar-refractivity contribution is 0.0674. The minimum absolute atomic E-state index is 0.261. The molecule has 2 rings (SSSR count). The van der Waals surface area contributed by atoms with Gasteiger partial charge >= 0.3 is 5.97 Å². The molecule has 3 nitrogen and oxygen atoms in total. The van der Waals surface area contributed by atoms with Crippen LogP contribution < -0.4 is 0 Å². The molecule has 0 amide bonds. The first-order valence-corrected chi connectivity index (χ1v) is 6.49. The van der Waals surface area contributed by atoms with Crippen LogP contribution in [0.15, 0.2) is 12.3 Å². The number of carboxylic acid groups (broad SMARTS) is 1. The van der Waals surface area contributed by atoms with E-state index in [0.29, 0.717) is 22.6 Å². The minimum atomic E-state index is -0.901. The third kappa shape index (κ3) is 2.34. The van der Waals surface area contributed by atoms with Gasteiger partial charge < -0.3 is 9.67 Å². The monoisotopic (exact) mass is 255 g/mol. The van der Waals surface area contributed by atoms with Crippen molar-refractivity contribution in [2.75, 3.05) is 0 Å². The first-order chi connectivity index (χ1) is 8.00. The second kappa shape index (κ2) is 4.73. The van der Waals surface area contributed by atoms with E-state index >= 15 is 0 Å². The zero-order valence-corrected chi connectivity index (χ0v) is 10.9. The number of carboxylic acids is 1. The summed E-state index contributed by atoms with van der Waals surface area (Å²) in [5, 5.41) is 9.69. The van der Waals surface area contributed by atoms with Crippen LogP contribution in [0.5, 0.6) is 0 Å². The highest BCUT2D eigenvalue weighted by Gasteiger charge is 2.30. The van der Waals surface area contributed by atoms with Gasteiger partial charge in [-0.3, -0.25) is 0 Å². The van der Waals surface area contributed by atoms with Gasteiger partial charge in [0.25, 0.3) is 0 Å². The highest BCUT2D eigenvalue weighted by Crippen LogP contribution is 2.39. The van der Waals surface area contributed by atoms with E-state index in [1.165, 1.54) is 12.5 Å². The summed E-state index contributed by atoms with van der Waals surface area (Å²) in [5.41, 5.74) is 0.306. The molecule has 1 aliphatic rings. The minimum Gasteiger partial charge on any atom is -0.477 e. The van der Waals surface area contributed by atoms with Gasteiger partial charge in [-0.1, -0.05) is 38.3 Å². The summed E-state index contributed by atoms with van der Waals surface area (Å²) in [7, 11) is 0. The Hall–Kier alpha value is -0.960. The summed E-state index contributed by atoms with van der Waals surface area (Å²) in [5.74, 6) is 0.226. The normalized spacial score (nSPS) is 29.2. The average molecular weight is 256 g/mol. The Labute approximate surface area is 106 Å². The van der Waals surface area contributed by atoms with E-state index in [9.17, 15) is 9.90 Å². The van der Waals surface area contributed by atoms with E-state index in [2.05, 4.69) is 13.8 Å². The number of carbonyl (C=O) groups is 1. The predicted molar refractivity (Wildman–Crippen MR) is 67.6 cm³/mol. The van der Waals surface area contributed by atoms with Crippen molar-refractivity contribution in [3.8, 4) is 0 Å². The molecular weight excluding hydrogens is 238 g/mol. The fourth-order valence-corrected chi connectivity index (χ4v) is 3.05. The van der Waals surface area contributed by atoms with Gasteiger partial charge in [0.15, 0.2) is 0 Å². The fraction of sp³-hybridized carbons (Fsp3) is 0.615. The van der Waals surface area contributed by atoms with Crippen molar-refractivity contribution in [2.24, 2.45) is 11.8 Å². The zero-order valence-electron chi connectivity index (χ0n) is 10.2. The molecule has 0 aliphatic heterocycles. The topological polar surface area (TPSA) is 42.2 Å². The Balaban J connectivity index is 2.35. The number of nitrogens with zero attached hydrogens (tertiary/aromatic N) is 1. The van der Waals surface area contributed by atoms with Crippen molar-refractivity contribution in [3.63, 3.8) is 0 Å². The molecule has 94 valence electrons. The molecule has 0 spiro atoms. The van der Waals surface area contributed by atoms with Gasteiger partial charge in [-0.05, 0) is 24.3 Å². The third-order valence-electron chi connectivity index (χ3n) is 4.06. The van der Waals surface area contributed by atoms with Crippen molar-refractivity contribution in [1.82, 2.24) is 4.57 Å². The standard InChI is InChI=1S/C13H18ClNO2/c1-8-4-3-5-11(9(8)2)15-7-10(14)6-12(15)13(16)17/h6-9,11H,3-5H2,1-2H3,(H,16,17). The molecule has 17 heavy (non-hydrogen) atoms. The molecule has 1 N–H and O–H groups in total. The van der Waals surface area contributed by atoms with Crippen LogP contribution in [-0.2, 0) is 0 Å². The van der Waals surface area contributed by atoms with E-state index in [0.717, 1.165) is 12.8 Å². The van der Waals surface area contributed by atoms with Crippen LogP contribution >= 0.6 is 11.6 Å². The third-order valence-corrected chi connectivity index (χ3v) is 4.26. The molecule has 0 radical (unpaired) electrons. The Morgan fingerprint density at radius 1 is 1.47 bits per heavy atom. The van der Waals surface area contributed by atoms with Gasteiger partial charge in [-0.2, -0.15) is 0 Å². The van der Waals surface area contributed by atoms with E-state index < -0.39 is 5.97 Å². The Morgan fingerprint density at radius 3 is 2.82 bits per heavy atom. The quantitative estimate of drug-likeness (QED) is 0.873. The van der Waals surface area contributed by atoms with Gasteiger partial charge in [-0.25, -0.2) is 4.79 Å². The molecule has 1 fully saturated rings. The number of hydrogen-bond acceptors (Lipinski definition) is 1. The second-order valence-electron chi connectivity index (χ2n) is 5.09. The zero-order chi connectivity index (χ0) is 12.6. The summed E-state index contributed by atoms with van der Waals surface area (Å²) in [6.07, 6.45) is 5.18. The summed E-state index contributed by atoms with van der Waals surface area (Å²) >= 11 is 5.93. The van der Waals surface area contributed by atoms with Gasteiger partial charge in [-0.15, -0.1) is 0 Å². The maximum absolute atomic E-state index is 11.2.